The third kappa shape index (κ3) is 2.80. The van der Waals surface area contributed by atoms with Gasteiger partial charge < -0.3 is 0 Å². The van der Waals surface area contributed by atoms with Crippen LogP contribution in [0.2, 0.25) is 0 Å². The van der Waals surface area contributed by atoms with Crippen molar-refractivity contribution < 1.29 is 0 Å². The molecule has 4 aliphatic rings. The van der Waals surface area contributed by atoms with Gasteiger partial charge in [0.2, 0.25) is 0 Å². The third-order valence-corrected chi connectivity index (χ3v) is 9.16. The summed E-state index contributed by atoms with van der Waals surface area (Å²) < 4.78 is 0. The van der Waals surface area contributed by atoms with Gasteiger partial charge >= 0.3 is 0 Å². The van der Waals surface area contributed by atoms with E-state index in [4.69, 9.17) is 0 Å². The van der Waals surface area contributed by atoms with Crippen molar-refractivity contribution in [1.29, 1.82) is 0 Å². The Morgan fingerprint density at radius 2 is 1.21 bits per heavy atom. The molecular formula is C24H40. The first kappa shape index (κ1) is 17.2. The molecule has 0 aromatic carbocycles. The van der Waals surface area contributed by atoms with Crippen molar-refractivity contribution in [2.45, 2.75) is 96.8 Å². The molecule has 0 heteroatoms. The summed E-state index contributed by atoms with van der Waals surface area (Å²) in [6.07, 6.45) is 23.3. The predicted molar refractivity (Wildman–Crippen MR) is 104 cm³/mol. The Bertz CT molecular complexity index is 409. The van der Waals surface area contributed by atoms with Crippen LogP contribution in [0.3, 0.4) is 0 Å². The van der Waals surface area contributed by atoms with Crippen LogP contribution in [-0.2, 0) is 0 Å². The zero-order valence-electron chi connectivity index (χ0n) is 16.1. The van der Waals surface area contributed by atoms with Gasteiger partial charge in [-0.05, 0) is 92.3 Å². The molecule has 0 aliphatic heterocycles. The Labute approximate surface area is 150 Å². The molecule has 5 atom stereocenters. The molecule has 4 aliphatic carbocycles. The maximum Gasteiger partial charge on any atom is -0.0261 e. The van der Waals surface area contributed by atoms with Gasteiger partial charge in [-0.25, -0.2) is 0 Å². The molecule has 0 nitrogen and oxygen atoms in total. The molecule has 5 unspecified atom stereocenters. The fourth-order valence-corrected chi connectivity index (χ4v) is 8.27. The maximum atomic E-state index is 4.08. The molecule has 0 bridgehead atoms. The van der Waals surface area contributed by atoms with Crippen LogP contribution in [0.25, 0.3) is 0 Å². The van der Waals surface area contributed by atoms with E-state index in [9.17, 15) is 0 Å². The zero-order chi connectivity index (χ0) is 16.6. The van der Waals surface area contributed by atoms with Crippen molar-refractivity contribution >= 4 is 0 Å². The molecule has 4 fully saturated rings. The monoisotopic (exact) mass is 328 g/mol. The van der Waals surface area contributed by atoms with E-state index in [1.807, 2.05) is 0 Å². The van der Waals surface area contributed by atoms with Crippen molar-refractivity contribution in [3.8, 4) is 0 Å². The molecule has 0 aromatic rings. The lowest BCUT2D eigenvalue weighted by Gasteiger charge is -2.48. The molecule has 136 valence electrons. The van der Waals surface area contributed by atoms with E-state index in [2.05, 4.69) is 19.6 Å². The summed E-state index contributed by atoms with van der Waals surface area (Å²) >= 11 is 0. The van der Waals surface area contributed by atoms with Gasteiger partial charge in [-0.15, -0.1) is 6.58 Å². The Kier molecular flexibility index (Phi) is 5.12. The smallest absolute Gasteiger partial charge is 0.0261 e. The number of fused-ring (bicyclic) bond motifs is 3. The summed E-state index contributed by atoms with van der Waals surface area (Å²) in [5.74, 6) is 6.46. The quantitative estimate of drug-likeness (QED) is 0.461. The van der Waals surface area contributed by atoms with E-state index in [1.54, 1.807) is 25.7 Å². The molecule has 24 heavy (non-hydrogen) atoms. The van der Waals surface area contributed by atoms with E-state index in [0.29, 0.717) is 5.41 Å². The second-order valence-corrected chi connectivity index (χ2v) is 10.1. The fraction of sp³-hybridized carbons (Fsp3) is 0.917. The van der Waals surface area contributed by atoms with Gasteiger partial charge in [-0.2, -0.15) is 0 Å². The molecule has 0 N–H and O–H groups in total. The van der Waals surface area contributed by atoms with Crippen molar-refractivity contribution in [2.75, 3.05) is 0 Å². The number of hydrogen-bond acceptors (Lipinski definition) is 0. The van der Waals surface area contributed by atoms with E-state index >= 15 is 0 Å². The molecule has 0 amide bonds. The molecule has 0 spiro atoms. The lowest BCUT2D eigenvalue weighted by molar-refractivity contribution is 0.00803. The second-order valence-electron chi connectivity index (χ2n) is 10.1. The Hall–Kier alpha value is -0.260. The molecule has 0 heterocycles. The van der Waals surface area contributed by atoms with Gasteiger partial charge in [-0.1, -0.05) is 51.5 Å². The van der Waals surface area contributed by atoms with Gasteiger partial charge in [0.15, 0.2) is 0 Å². The van der Waals surface area contributed by atoms with Crippen LogP contribution in [0.15, 0.2) is 12.7 Å². The Morgan fingerprint density at radius 3 is 1.71 bits per heavy atom. The lowest BCUT2D eigenvalue weighted by Crippen LogP contribution is -2.41. The number of rotatable bonds is 5. The summed E-state index contributed by atoms with van der Waals surface area (Å²) in [6.45, 7) is 6.83. The molecular weight excluding hydrogens is 288 g/mol. The van der Waals surface area contributed by atoms with Crippen molar-refractivity contribution in [1.82, 2.24) is 0 Å². The number of hydrogen-bond donors (Lipinski definition) is 0. The third-order valence-electron chi connectivity index (χ3n) is 9.16. The topological polar surface area (TPSA) is 0 Å². The van der Waals surface area contributed by atoms with E-state index < -0.39 is 0 Å². The van der Waals surface area contributed by atoms with Crippen molar-refractivity contribution in [2.24, 2.45) is 40.9 Å². The average molecular weight is 329 g/mol. The highest BCUT2D eigenvalue weighted by Crippen LogP contribution is 2.65. The minimum absolute atomic E-state index is 0.613. The summed E-state index contributed by atoms with van der Waals surface area (Å²) in [5, 5.41) is 0. The first-order valence-electron chi connectivity index (χ1n) is 11.4. The molecule has 0 aromatic heterocycles. The van der Waals surface area contributed by atoms with Crippen LogP contribution < -0.4 is 0 Å². The van der Waals surface area contributed by atoms with Gasteiger partial charge in [-0.3, -0.25) is 0 Å². The van der Waals surface area contributed by atoms with E-state index in [1.165, 1.54) is 64.2 Å². The maximum absolute atomic E-state index is 4.08. The zero-order valence-corrected chi connectivity index (χ0v) is 16.1. The molecule has 4 rings (SSSR count). The van der Waals surface area contributed by atoms with Gasteiger partial charge in [0.25, 0.3) is 0 Å². The molecule has 0 saturated heterocycles. The van der Waals surface area contributed by atoms with E-state index in [0.717, 1.165) is 35.5 Å². The average Bonchev–Trinajstić information content (AvgIpc) is 3.26. The second kappa shape index (κ2) is 7.16. The molecule has 4 saturated carbocycles. The van der Waals surface area contributed by atoms with Gasteiger partial charge in [0, 0.05) is 0 Å². The van der Waals surface area contributed by atoms with Crippen LogP contribution in [0.1, 0.15) is 96.8 Å². The Balaban J connectivity index is 1.67. The largest absolute Gasteiger partial charge is 0.103 e. The van der Waals surface area contributed by atoms with Crippen molar-refractivity contribution in [3.05, 3.63) is 12.7 Å². The highest BCUT2D eigenvalue weighted by Gasteiger charge is 2.58. The fourth-order valence-electron chi connectivity index (χ4n) is 8.27. The Morgan fingerprint density at radius 1 is 0.750 bits per heavy atom. The predicted octanol–water partition coefficient (Wildman–Crippen LogP) is 7.39. The summed E-state index contributed by atoms with van der Waals surface area (Å²) in [4.78, 5) is 0. The first-order chi connectivity index (χ1) is 11.8. The summed E-state index contributed by atoms with van der Waals surface area (Å²) in [7, 11) is 0. The number of allylic oxidation sites excluding steroid dienone is 1. The first-order valence-corrected chi connectivity index (χ1v) is 11.4. The van der Waals surface area contributed by atoms with E-state index in [-0.39, 0.29) is 0 Å². The van der Waals surface area contributed by atoms with Crippen LogP contribution >= 0.6 is 0 Å². The van der Waals surface area contributed by atoms with Crippen LogP contribution in [0, 0.1) is 40.9 Å². The summed E-state index contributed by atoms with van der Waals surface area (Å²) in [5.41, 5.74) is 0.613. The van der Waals surface area contributed by atoms with Gasteiger partial charge in [0.05, 0.1) is 0 Å². The summed E-state index contributed by atoms with van der Waals surface area (Å²) in [6, 6.07) is 0. The lowest BCUT2D eigenvalue weighted by atomic mass is 9.57. The van der Waals surface area contributed by atoms with Gasteiger partial charge in [0.1, 0.15) is 0 Å². The molecule has 0 radical (unpaired) electrons. The highest BCUT2D eigenvalue weighted by atomic mass is 14.6. The standard InChI is InChI=1S/C24H40/c1-3-4-17-24(2,18-11-5-6-12-18)23-21-15-9-7-13-19(21)20-14-8-10-16-22(20)23/h3,18-23H,1,4-17H2,2H3. The minimum Gasteiger partial charge on any atom is -0.103 e. The van der Waals surface area contributed by atoms with Crippen LogP contribution in [-0.4, -0.2) is 0 Å². The van der Waals surface area contributed by atoms with Crippen LogP contribution in [0.5, 0.6) is 0 Å². The highest BCUT2D eigenvalue weighted by molar-refractivity contribution is 5.07. The van der Waals surface area contributed by atoms with Crippen molar-refractivity contribution in [3.63, 3.8) is 0 Å². The minimum atomic E-state index is 0.613. The SMILES string of the molecule is C=CCCC(C)(C1CCCC1)C1C2CCCCC2C2CCCCC21. The normalized spacial score (nSPS) is 42.3. The van der Waals surface area contributed by atoms with Crippen LogP contribution in [0.4, 0.5) is 0 Å².